The third-order valence-corrected chi connectivity index (χ3v) is 5.36. The highest BCUT2D eigenvalue weighted by molar-refractivity contribution is 6.30. The standard InChI is InChI=1S/C22H26ClFN4O3/c1-25-22(30)26-12-19-14-27(13-16-2-6-18(24)7-3-16)10-11-28(19)21(29)15-31-20-8-4-17(23)5-9-20/h2-9,19H,10-15H2,1H3,(H2,25,26,30). The van der Waals surface area contributed by atoms with Crippen molar-refractivity contribution in [1.82, 2.24) is 20.4 Å². The Morgan fingerprint density at radius 1 is 1.13 bits per heavy atom. The Bertz CT molecular complexity index is 879. The molecular formula is C22H26ClFN4O3. The molecule has 31 heavy (non-hydrogen) atoms. The number of rotatable bonds is 7. The quantitative estimate of drug-likeness (QED) is 0.682. The predicted octanol–water partition coefficient (Wildman–Crippen LogP) is 2.50. The highest BCUT2D eigenvalue weighted by Gasteiger charge is 2.31. The number of ether oxygens (including phenoxy) is 1. The number of halogens is 2. The van der Waals surface area contributed by atoms with Crippen molar-refractivity contribution < 1.29 is 18.7 Å². The van der Waals surface area contributed by atoms with Crippen LogP contribution in [0.4, 0.5) is 9.18 Å². The van der Waals surface area contributed by atoms with Crippen LogP contribution in [0.2, 0.25) is 5.02 Å². The first kappa shape index (κ1) is 22.8. The Hall–Kier alpha value is -2.84. The third kappa shape index (κ3) is 6.83. The van der Waals surface area contributed by atoms with Gasteiger partial charge in [-0.2, -0.15) is 0 Å². The van der Waals surface area contributed by atoms with E-state index >= 15 is 0 Å². The molecule has 1 atom stereocenters. The molecule has 0 spiro atoms. The van der Waals surface area contributed by atoms with Gasteiger partial charge in [0.05, 0.1) is 6.04 Å². The lowest BCUT2D eigenvalue weighted by Crippen LogP contribution is -2.59. The minimum atomic E-state index is -0.305. The summed E-state index contributed by atoms with van der Waals surface area (Å²) in [5.74, 6) is 0.139. The van der Waals surface area contributed by atoms with Gasteiger partial charge in [-0.05, 0) is 42.0 Å². The van der Waals surface area contributed by atoms with Crippen LogP contribution >= 0.6 is 11.6 Å². The molecule has 2 N–H and O–H groups in total. The lowest BCUT2D eigenvalue weighted by Gasteiger charge is -2.41. The van der Waals surface area contributed by atoms with Gasteiger partial charge in [0.25, 0.3) is 5.91 Å². The van der Waals surface area contributed by atoms with Gasteiger partial charge >= 0.3 is 6.03 Å². The zero-order valence-corrected chi connectivity index (χ0v) is 18.1. The van der Waals surface area contributed by atoms with Crippen molar-refractivity contribution >= 4 is 23.5 Å². The second-order valence-electron chi connectivity index (χ2n) is 7.31. The highest BCUT2D eigenvalue weighted by Crippen LogP contribution is 2.17. The Balaban J connectivity index is 1.61. The van der Waals surface area contributed by atoms with Crippen LogP contribution in [0.25, 0.3) is 0 Å². The monoisotopic (exact) mass is 448 g/mol. The second kappa shape index (κ2) is 11.0. The lowest BCUT2D eigenvalue weighted by molar-refractivity contribution is -0.138. The van der Waals surface area contributed by atoms with Crippen molar-refractivity contribution in [3.8, 4) is 5.75 Å². The van der Waals surface area contributed by atoms with Crippen LogP contribution in [0.1, 0.15) is 5.56 Å². The van der Waals surface area contributed by atoms with E-state index in [-0.39, 0.29) is 30.4 Å². The maximum absolute atomic E-state index is 13.2. The molecule has 0 radical (unpaired) electrons. The maximum atomic E-state index is 13.2. The van der Waals surface area contributed by atoms with Crippen molar-refractivity contribution in [2.45, 2.75) is 12.6 Å². The van der Waals surface area contributed by atoms with Gasteiger partial charge < -0.3 is 20.3 Å². The summed E-state index contributed by atoms with van der Waals surface area (Å²) in [6.07, 6.45) is 0. The zero-order valence-electron chi connectivity index (χ0n) is 17.3. The number of carbonyl (C=O) groups excluding carboxylic acids is 2. The molecule has 166 valence electrons. The zero-order chi connectivity index (χ0) is 22.2. The van der Waals surface area contributed by atoms with E-state index in [0.717, 1.165) is 5.56 Å². The SMILES string of the molecule is CNC(=O)NCC1CN(Cc2ccc(F)cc2)CCN1C(=O)COc1ccc(Cl)cc1. The summed E-state index contributed by atoms with van der Waals surface area (Å²) in [4.78, 5) is 28.4. The molecule has 1 aliphatic heterocycles. The second-order valence-corrected chi connectivity index (χ2v) is 7.74. The molecule has 1 saturated heterocycles. The molecule has 3 rings (SSSR count). The number of urea groups is 1. The summed E-state index contributed by atoms with van der Waals surface area (Å²) in [7, 11) is 1.54. The normalized spacial score (nSPS) is 16.6. The lowest BCUT2D eigenvalue weighted by atomic mass is 10.1. The Kier molecular flexibility index (Phi) is 8.08. The molecule has 0 aromatic heterocycles. The van der Waals surface area contributed by atoms with Crippen molar-refractivity contribution in [1.29, 1.82) is 0 Å². The van der Waals surface area contributed by atoms with Crippen LogP contribution in [0.3, 0.4) is 0 Å². The van der Waals surface area contributed by atoms with Gasteiger partial charge in [-0.15, -0.1) is 0 Å². The molecule has 9 heteroatoms. The summed E-state index contributed by atoms with van der Waals surface area (Å²) in [5.41, 5.74) is 0.991. The van der Waals surface area contributed by atoms with Crippen molar-refractivity contribution in [2.75, 3.05) is 39.8 Å². The van der Waals surface area contributed by atoms with E-state index in [1.165, 1.54) is 12.1 Å². The average molecular weight is 449 g/mol. The molecule has 0 aliphatic carbocycles. The van der Waals surface area contributed by atoms with Crippen molar-refractivity contribution in [3.05, 3.63) is 64.9 Å². The number of piperazine rings is 1. The van der Waals surface area contributed by atoms with Gasteiger partial charge in [0, 0.05) is 44.8 Å². The van der Waals surface area contributed by atoms with Gasteiger partial charge in [-0.3, -0.25) is 9.69 Å². The first-order valence-electron chi connectivity index (χ1n) is 10.0. The van der Waals surface area contributed by atoms with E-state index < -0.39 is 0 Å². The molecule has 0 bridgehead atoms. The predicted molar refractivity (Wildman–Crippen MR) is 117 cm³/mol. The van der Waals surface area contributed by atoms with E-state index in [1.807, 2.05) is 0 Å². The third-order valence-electron chi connectivity index (χ3n) is 5.11. The fraction of sp³-hybridized carbons (Fsp3) is 0.364. The van der Waals surface area contributed by atoms with Crippen LogP contribution in [0.5, 0.6) is 5.75 Å². The molecule has 3 amide bonds. The van der Waals surface area contributed by atoms with Gasteiger partial charge in [-0.1, -0.05) is 23.7 Å². The van der Waals surface area contributed by atoms with Crippen molar-refractivity contribution in [3.63, 3.8) is 0 Å². The first-order chi connectivity index (χ1) is 14.9. The van der Waals surface area contributed by atoms with Crippen LogP contribution in [-0.2, 0) is 11.3 Å². The van der Waals surface area contributed by atoms with Gasteiger partial charge in [-0.25, -0.2) is 9.18 Å². The van der Waals surface area contributed by atoms with E-state index in [1.54, 1.807) is 48.3 Å². The number of nitrogens with zero attached hydrogens (tertiary/aromatic N) is 2. The number of amides is 3. The topological polar surface area (TPSA) is 73.9 Å². The van der Waals surface area contributed by atoms with Crippen LogP contribution in [0, 0.1) is 5.82 Å². The van der Waals surface area contributed by atoms with Crippen LogP contribution < -0.4 is 15.4 Å². The smallest absolute Gasteiger partial charge is 0.314 e. The Morgan fingerprint density at radius 3 is 2.52 bits per heavy atom. The number of hydrogen-bond acceptors (Lipinski definition) is 4. The first-order valence-corrected chi connectivity index (χ1v) is 10.4. The number of hydrogen-bond donors (Lipinski definition) is 2. The summed E-state index contributed by atoms with van der Waals surface area (Å²) < 4.78 is 18.8. The molecule has 2 aromatic carbocycles. The minimum absolute atomic E-state index is 0.101. The molecule has 0 saturated carbocycles. The minimum Gasteiger partial charge on any atom is -0.484 e. The molecule has 1 heterocycles. The Morgan fingerprint density at radius 2 is 1.84 bits per heavy atom. The number of benzene rings is 2. The number of nitrogens with one attached hydrogen (secondary N) is 2. The molecule has 1 fully saturated rings. The number of carbonyl (C=O) groups is 2. The summed E-state index contributed by atoms with van der Waals surface area (Å²) in [6, 6.07) is 12.7. The van der Waals surface area contributed by atoms with E-state index in [9.17, 15) is 14.0 Å². The Labute approximate surface area is 186 Å². The van der Waals surface area contributed by atoms with E-state index in [2.05, 4.69) is 15.5 Å². The average Bonchev–Trinajstić information content (AvgIpc) is 2.78. The fourth-order valence-corrected chi connectivity index (χ4v) is 3.60. The summed E-state index contributed by atoms with van der Waals surface area (Å²) >= 11 is 5.87. The molecule has 1 aliphatic rings. The van der Waals surface area contributed by atoms with Crippen LogP contribution in [0.15, 0.2) is 48.5 Å². The molecular weight excluding hydrogens is 423 g/mol. The largest absolute Gasteiger partial charge is 0.484 e. The van der Waals surface area contributed by atoms with Gasteiger partial charge in [0.2, 0.25) is 0 Å². The summed E-state index contributed by atoms with van der Waals surface area (Å²) in [6.45, 7) is 2.60. The van der Waals surface area contributed by atoms with Crippen LogP contribution in [-0.4, -0.2) is 67.6 Å². The molecule has 7 nitrogen and oxygen atoms in total. The molecule has 1 unspecified atom stereocenters. The van der Waals surface area contributed by atoms with Gasteiger partial charge in [0.15, 0.2) is 6.61 Å². The summed E-state index contributed by atoms with van der Waals surface area (Å²) in [5, 5.41) is 5.89. The van der Waals surface area contributed by atoms with E-state index in [4.69, 9.17) is 16.3 Å². The van der Waals surface area contributed by atoms with E-state index in [0.29, 0.717) is 43.5 Å². The van der Waals surface area contributed by atoms with Crippen molar-refractivity contribution in [2.24, 2.45) is 0 Å². The molecule has 2 aromatic rings. The highest BCUT2D eigenvalue weighted by atomic mass is 35.5. The fourth-order valence-electron chi connectivity index (χ4n) is 3.47. The van der Waals surface area contributed by atoms with Gasteiger partial charge in [0.1, 0.15) is 11.6 Å². The maximum Gasteiger partial charge on any atom is 0.314 e.